The van der Waals surface area contributed by atoms with Crippen molar-refractivity contribution >= 4 is 43.7 Å². The van der Waals surface area contributed by atoms with E-state index in [-0.39, 0.29) is 0 Å². The summed E-state index contributed by atoms with van der Waals surface area (Å²) in [6, 6.07) is 58.7. The largest absolute Gasteiger partial charge is 0.456 e. The van der Waals surface area contributed by atoms with Gasteiger partial charge in [-0.3, -0.25) is 0 Å². The Morgan fingerprint density at radius 2 is 0.860 bits per heavy atom. The second-order valence-corrected chi connectivity index (χ2v) is 12.5. The van der Waals surface area contributed by atoms with Crippen LogP contribution in [0.1, 0.15) is 0 Å². The van der Waals surface area contributed by atoms with Crippen LogP contribution in [0.3, 0.4) is 0 Å². The molecule has 0 spiro atoms. The highest BCUT2D eigenvalue weighted by atomic mass is 16.3. The Balaban J connectivity index is 1.10. The number of aromatic nitrogens is 4. The monoisotopic (exact) mass is 640 g/mol. The van der Waals surface area contributed by atoms with Gasteiger partial charge in [-0.25, -0.2) is 15.0 Å². The van der Waals surface area contributed by atoms with Gasteiger partial charge in [0.05, 0.1) is 11.0 Å². The van der Waals surface area contributed by atoms with Crippen LogP contribution in [0.5, 0.6) is 0 Å². The Labute approximate surface area is 287 Å². The van der Waals surface area contributed by atoms with Crippen molar-refractivity contribution in [1.82, 2.24) is 19.5 Å². The number of hydrogen-bond donors (Lipinski definition) is 0. The second-order valence-electron chi connectivity index (χ2n) is 12.5. The Bertz CT molecular complexity index is 2800. The first-order valence-corrected chi connectivity index (χ1v) is 16.7. The molecule has 3 aromatic heterocycles. The third-order valence-electron chi connectivity index (χ3n) is 9.45. The van der Waals surface area contributed by atoms with Crippen LogP contribution in [-0.4, -0.2) is 19.5 Å². The maximum atomic E-state index is 6.60. The van der Waals surface area contributed by atoms with Crippen molar-refractivity contribution in [2.75, 3.05) is 0 Å². The summed E-state index contributed by atoms with van der Waals surface area (Å²) in [5.74, 6) is 1.86. The van der Waals surface area contributed by atoms with Gasteiger partial charge in [0.2, 0.25) is 0 Å². The molecular weight excluding hydrogens is 613 g/mol. The molecule has 234 valence electrons. The number of fused-ring (bicyclic) bond motifs is 6. The van der Waals surface area contributed by atoms with Gasteiger partial charge < -0.3 is 8.98 Å². The van der Waals surface area contributed by atoms with Crippen LogP contribution < -0.4 is 0 Å². The van der Waals surface area contributed by atoms with Crippen molar-refractivity contribution in [3.05, 3.63) is 170 Å². The zero-order chi connectivity index (χ0) is 33.0. The molecule has 5 heteroatoms. The predicted octanol–water partition coefficient (Wildman–Crippen LogP) is 11.5. The summed E-state index contributed by atoms with van der Waals surface area (Å²) in [7, 11) is 0. The molecule has 0 saturated heterocycles. The lowest BCUT2D eigenvalue weighted by molar-refractivity contribution is 0.668. The van der Waals surface area contributed by atoms with Crippen molar-refractivity contribution in [3.63, 3.8) is 0 Å². The van der Waals surface area contributed by atoms with Crippen molar-refractivity contribution in [1.29, 1.82) is 0 Å². The quantitative estimate of drug-likeness (QED) is 0.188. The van der Waals surface area contributed by atoms with Gasteiger partial charge >= 0.3 is 0 Å². The first-order chi connectivity index (χ1) is 24.8. The van der Waals surface area contributed by atoms with Gasteiger partial charge in [-0.05, 0) is 53.6 Å². The molecule has 3 heterocycles. The third kappa shape index (κ3) is 4.67. The molecule has 7 aromatic carbocycles. The second kappa shape index (κ2) is 11.4. The van der Waals surface area contributed by atoms with E-state index in [1.165, 1.54) is 21.9 Å². The minimum absolute atomic E-state index is 0.598. The number of rotatable bonds is 5. The summed E-state index contributed by atoms with van der Waals surface area (Å²) in [6.45, 7) is 0. The van der Waals surface area contributed by atoms with Crippen molar-refractivity contribution in [2.45, 2.75) is 0 Å². The van der Waals surface area contributed by atoms with E-state index in [2.05, 4.69) is 108 Å². The Morgan fingerprint density at radius 3 is 1.54 bits per heavy atom. The molecule has 50 heavy (non-hydrogen) atoms. The lowest BCUT2D eigenvalue weighted by Crippen LogP contribution is -2.00. The third-order valence-corrected chi connectivity index (χ3v) is 9.45. The average molecular weight is 641 g/mol. The molecule has 0 N–H and O–H groups in total. The Morgan fingerprint density at radius 1 is 0.340 bits per heavy atom. The Kier molecular flexibility index (Phi) is 6.42. The predicted molar refractivity (Wildman–Crippen MR) is 203 cm³/mol. The molecule has 0 radical (unpaired) electrons. The maximum Gasteiger partial charge on any atom is 0.164 e. The first kappa shape index (κ1) is 28.2. The highest BCUT2D eigenvalue weighted by Crippen LogP contribution is 2.38. The molecule has 0 atom stereocenters. The van der Waals surface area contributed by atoms with E-state index < -0.39 is 0 Å². The molecule has 5 nitrogen and oxygen atoms in total. The maximum absolute atomic E-state index is 6.60. The average Bonchev–Trinajstić information content (AvgIpc) is 3.73. The van der Waals surface area contributed by atoms with E-state index >= 15 is 0 Å². The Hall–Kier alpha value is -6.85. The number of hydrogen-bond acceptors (Lipinski definition) is 4. The SMILES string of the molecule is c1ccc(-c2ccc3c(c2)c2ccccc2n3-c2ccc3c(c2)oc2cc(-c4nc(-c5ccccc5)nc(-c5ccccc5)n4)ccc23)cc1. The fourth-order valence-electron chi connectivity index (χ4n) is 7.04. The fraction of sp³-hybridized carbons (Fsp3) is 0. The van der Waals surface area contributed by atoms with Gasteiger partial charge in [-0.2, -0.15) is 0 Å². The van der Waals surface area contributed by atoms with E-state index in [9.17, 15) is 0 Å². The fourth-order valence-corrected chi connectivity index (χ4v) is 7.04. The van der Waals surface area contributed by atoms with E-state index in [1.807, 2.05) is 66.7 Å². The minimum atomic E-state index is 0.598. The van der Waals surface area contributed by atoms with Crippen LogP contribution in [0.2, 0.25) is 0 Å². The van der Waals surface area contributed by atoms with Crippen molar-refractivity contribution < 1.29 is 4.42 Å². The number of para-hydroxylation sites is 1. The summed E-state index contributed by atoms with van der Waals surface area (Å²) >= 11 is 0. The first-order valence-electron chi connectivity index (χ1n) is 16.7. The molecule has 0 unspecified atom stereocenters. The van der Waals surface area contributed by atoms with Crippen LogP contribution in [0.15, 0.2) is 174 Å². The molecule has 0 amide bonds. The van der Waals surface area contributed by atoms with Gasteiger partial charge in [0.25, 0.3) is 0 Å². The molecular formula is C45H28N4O. The smallest absolute Gasteiger partial charge is 0.164 e. The molecule has 0 fully saturated rings. The zero-order valence-electron chi connectivity index (χ0n) is 26.9. The summed E-state index contributed by atoms with van der Waals surface area (Å²) in [5.41, 5.74) is 10.1. The molecule has 10 rings (SSSR count). The van der Waals surface area contributed by atoms with Crippen LogP contribution in [0.25, 0.3) is 94.7 Å². The number of furan rings is 1. The van der Waals surface area contributed by atoms with Crippen LogP contribution >= 0.6 is 0 Å². The van der Waals surface area contributed by atoms with Gasteiger partial charge in [0.1, 0.15) is 11.2 Å². The minimum Gasteiger partial charge on any atom is -0.456 e. The van der Waals surface area contributed by atoms with Gasteiger partial charge in [0, 0.05) is 50.0 Å². The van der Waals surface area contributed by atoms with Crippen molar-refractivity contribution in [2.24, 2.45) is 0 Å². The molecule has 0 saturated carbocycles. The molecule has 0 aliphatic carbocycles. The van der Waals surface area contributed by atoms with Gasteiger partial charge in [-0.1, -0.05) is 121 Å². The summed E-state index contributed by atoms with van der Waals surface area (Å²) in [6.07, 6.45) is 0. The molecule has 10 aromatic rings. The van der Waals surface area contributed by atoms with Crippen molar-refractivity contribution in [3.8, 4) is 51.0 Å². The summed E-state index contributed by atoms with van der Waals surface area (Å²) < 4.78 is 8.93. The normalized spacial score (nSPS) is 11.6. The van der Waals surface area contributed by atoms with E-state index in [1.54, 1.807) is 0 Å². The lowest BCUT2D eigenvalue weighted by Gasteiger charge is -2.08. The lowest BCUT2D eigenvalue weighted by atomic mass is 10.0. The molecule has 0 aliphatic rings. The standard InChI is InChI=1S/C45H28N4O/c1-4-12-29(13-5-1)32-21-25-40-38(26-32)35-18-10-11-19-39(35)49(40)34-22-24-37-36-23-20-33(27-41(36)50-42(37)28-34)45-47-43(30-14-6-2-7-15-30)46-44(48-45)31-16-8-3-9-17-31/h1-28H. The van der Waals surface area contributed by atoms with Crippen LogP contribution in [0.4, 0.5) is 0 Å². The summed E-state index contributed by atoms with van der Waals surface area (Å²) in [4.78, 5) is 14.7. The van der Waals surface area contributed by atoms with Gasteiger partial charge in [-0.15, -0.1) is 0 Å². The number of nitrogens with zero attached hydrogens (tertiary/aromatic N) is 4. The van der Waals surface area contributed by atoms with E-state index in [0.29, 0.717) is 17.5 Å². The highest BCUT2D eigenvalue weighted by Gasteiger charge is 2.17. The van der Waals surface area contributed by atoms with Gasteiger partial charge in [0.15, 0.2) is 17.5 Å². The molecule has 0 bridgehead atoms. The summed E-state index contributed by atoms with van der Waals surface area (Å²) in [5, 5.41) is 4.55. The van der Waals surface area contributed by atoms with Crippen LogP contribution in [-0.2, 0) is 0 Å². The number of benzene rings is 7. The van der Waals surface area contributed by atoms with E-state index in [4.69, 9.17) is 19.4 Å². The highest BCUT2D eigenvalue weighted by molar-refractivity contribution is 6.11. The van der Waals surface area contributed by atoms with E-state index in [0.717, 1.165) is 55.3 Å². The molecule has 0 aliphatic heterocycles. The topological polar surface area (TPSA) is 56.7 Å². The zero-order valence-corrected chi connectivity index (χ0v) is 26.9. The van der Waals surface area contributed by atoms with Crippen LogP contribution in [0, 0.1) is 0 Å².